The van der Waals surface area contributed by atoms with Gasteiger partial charge in [-0.15, -0.1) is 0 Å². The fourth-order valence-electron chi connectivity index (χ4n) is 0.790. The van der Waals surface area contributed by atoms with E-state index in [4.69, 9.17) is 0 Å². The van der Waals surface area contributed by atoms with Crippen molar-refractivity contribution in [2.24, 2.45) is 0 Å². The number of nitrogens with zero attached hydrogens (tertiary/aromatic N) is 1. The van der Waals surface area contributed by atoms with Gasteiger partial charge >= 0.3 is 0 Å². The highest BCUT2D eigenvalue weighted by Crippen LogP contribution is 1.92. The lowest BCUT2D eigenvalue weighted by molar-refractivity contribution is 0.0949. The van der Waals surface area contributed by atoms with Crippen molar-refractivity contribution in [1.29, 1.82) is 0 Å². The largest absolute Gasteiger partial charge is 0.351 e. The quantitative estimate of drug-likeness (QED) is 0.723. The Bertz CT molecular complexity index is 246. The van der Waals surface area contributed by atoms with Gasteiger partial charge in [-0.1, -0.05) is 13.0 Å². The topological polar surface area (TPSA) is 42.0 Å². The first-order valence-corrected chi connectivity index (χ1v) is 3.83. The number of pyridine rings is 1. The molecule has 3 heteroatoms. The van der Waals surface area contributed by atoms with Crippen LogP contribution in [0.15, 0.2) is 24.4 Å². The molecule has 1 radical (unpaired) electrons. The number of amides is 1. The van der Waals surface area contributed by atoms with Crippen LogP contribution in [0.2, 0.25) is 0 Å². The average molecular weight is 163 g/mol. The van der Waals surface area contributed by atoms with E-state index >= 15 is 0 Å². The highest BCUT2D eigenvalue weighted by Gasteiger charge is 2.02. The summed E-state index contributed by atoms with van der Waals surface area (Å²) in [5, 5.41) is 2.68. The van der Waals surface area contributed by atoms with Crippen molar-refractivity contribution in [3.63, 3.8) is 0 Å². The Kier molecular flexibility index (Phi) is 3.26. The standard InChI is InChI=1S/C9H11N2O/c1-2-6-11-9(12)8-5-3-4-7-10-8/h3-5,7H,1-2,6H2,(H,11,12). The van der Waals surface area contributed by atoms with E-state index in [1.54, 1.807) is 24.4 Å². The molecule has 0 aromatic carbocycles. The summed E-state index contributed by atoms with van der Waals surface area (Å²) < 4.78 is 0. The smallest absolute Gasteiger partial charge is 0.269 e. The predicted molar refractivity (Wildman–Crippen MR) is 46.5 cm³/mol. The zero-order valence-electron chi connectivity index (χ0n) is 6.79. The van der Waals surface area contributed by atoms with Crippen LogP contribution in [-0.4, -0.2) is 17.4 Å². The van der Waals surface area contributed by atoms with Gasteiger partial charge in [-0.3, -0.25) is 9.78 Å². The molecule has 1 rings (SSSR count). The Hall–Kier alpha value is -1.38. The number of carbonyl (C=O) groups is 1. The molecule has 0 aliphatic heterocycles. The van der Waals surface area contributed by atoms with Crippen molar-refractivity contribution in [3.05, 3.63) is 37.0 Å². The van der Waals surface area contributed by atoms with Crippen LogP contribution in [0.5, 0.6) is 0 Å². The maximum Gasteiger partial charge on any atom is 0.269 e. The number of nitrogens with one attached hydrogen (secondary N) is 1. The van der Waals surface area contributed by atoms with Gasteiger partial charge in [0.2, 0.25) is 0 Å². The van der Waals surface area contributed by atoms with Crippen LogP contribution < -0.4 is 5.32 Å². The third kappa shape index (κ3) is 2.34. The van der Waals surface area contributed by atoms with Crippen LogP contribution in [0.25, 0.3) is 0 Å². The summed E-state index contributed by atoms with van der Waals surface area (Å²) in [5.74, 6) is -0.140. The van der Waals surface area contributed by atoms with E-state index in [9.17, 15) is 4.79 Å². The van der Waals surface area contributed by atoms with E-state index < -0.39 is 0 Å². The lowest BCUT2D eigenvalue weighted by atomic mass is 10.3. The zero-order valence-corrected chi connectivity index (χ0v) is 6.79. The van der Waals surface area contributed by atoms with Crippen molar-refractivity contribution >= 4 is 5.91 Å². The first-order chi connectivity index (χ1) is 5.84. The molecular weight excluding hydrogens is 152 g/mol. The van der Waals surface area contributed by atoms with E-state index in [1.165, 1.54) is 0 Å². The number of hydrogen-bond donors (Lipinski definition) is 1. The van der Waals surface area contributed by atoms with E-state index in [0.717, 1.165) is 0 Å². The molecule has 0 saturated carbocycles. The summed E-state index contributed by atoms with van der Waals surface area (Å²) >= 11 is 0. The van der Waals surface area contributed by atoms with Gasteiger partial charge in [-0.25, -0.2) is 0 Å². The summed E-state index contributed by atoms with van der Waals surface area (Å²) in [7, 11) is 0. The van der Waals surface area contributed by atoms with E-state index in [0.29, 0.717) is 18.7 Å². The molecule has 1 aromatic rings. The van der Waals surface area contributed by atoms with Gasteiger partial charge in [0, 0.05) is 12.7 Å². The summed E-state index contributed by atoms with van der Waals surface area (Å²) in [4.78, 5) is 15.1. The van der Waals surface area contributed by atoms with Crippen LogP contribution >= 0.6 is 0 Å². The minimum absolute atomic E-state index is 0.140. The molecule has 0 saturated heterocycles. The Morgan fingerprint density at radius 1 is 1.58 bits per heavy atom. The summed E-state index contributed by atoms with van der Waals surface area (Å²) in [6.07, 6.45) is 2.29. The molecule has 0 aliphatic carbocycles. The number of rotatable bonds is 3. The molecular formula is C9H11N2O. The zero-order chi connectivity index (χ0) is 8.81. The third-order valence-electron chi connectivity index (χ3n) is 1.36. The molecule has 0 aliphatic rings. The first-order valence-electron chi connectivity index (χ1n) is 3.83. The van der Waals surface area contributed by atoms with Gasteiger partial charge in [0.1, 0.15) is 5.69 Å². The molecule has 0 fully saturated rings. The lowest BCUT2D eigenvalue weighted by Crippen LogP contribution is -2.24. The number of hydrogen-bond acceptors (Lipinski definition) is 2. The monoisotopic (exact) mass is 163 g/mol. The van der Waals surface area contributed by atoms with Gasteiger partial charge in [-0.05, 0) is 18.6 Å². The maximum atomic E-state index is 11.2. The normalized spacial score (nSPS) is 9.42. The Morgan fingerprint density at radius 3 is 3.00 bits per heavy atom. The van der Waals surface area contributed by atoms with Gasteiger partial charge in [0.25, 0.3) is 5.91 Å². The molecule has 0 bridgehead atoms. The molecule has 0 unspecified atom stereocenters. The Balaban J connectivity index is 2.54. The molecule has 1 N–H and O–H groups in total. The van der Waals surface area contributed by atoms with Crippen molar-refractivity contribution in [2.75, 3.05) is 6.54 Å². The minimum Gasteiger partial charge on any atom is -0.351 e. The molecule has 1 heterocycles. The Labute approximate surface area is 71.8 Å². The van der Waals surface area contributed by atoms with Gasteiger partial charge in [0.05, 0.1) is 0 Å². The van der Waals surface area contributed by atoms with Crippen molar-refractivity contribution in [2.45, 2.75) is 6.42 Å². The van der Waals surface area contributed by atoms with Crippen molar-refractivity contribution in [1.82, 2.24) is 10.3 Å². The SMILES string of the molecule is [CH2]CCNC(=O)c1ccccn1. The molecule has 1 aromatic heterocycles. The second-order valence-electron chi connectivity index (χ2n) is 2.32. The third-order valence-corrected chi connectivity index (χ3v) is 1.36. The predicted octanol–water partition coefficient (Wildman–Crippen LogP) is 1.04. The summed E-state index contributed by atoms with van der Waals surface area (Å²) in [5.41, 5.74) is 0.450. The summed E-state index contributed by atoms with van der Waals surface area (Å²) in [6.45, 7) is 4.21. The van der Waals surface area contributed by atoms with Crippen LogP contribution in [0.1, 0.15) is 16.9 Å². The van der Waals surface area contributed by atoms with E-state index in [1.807, 2.05) is 0 Å². The highest BCUT2D eigenvalue weighted by atomic mass is 16.1. The molecule has 63 valence electrons. The minimum atomic E-state index is -0.140. The second-order valence-corrected chi connectivity index (χ2v) is 2.32. The van der Waals surface area contributed by atoms with Crippen LogP contribution in [0.3, 0.4) is 0 Å². The maximum absolute atomic E-state index is 11.2. The van der Waals surface area contributed by atoms with Crippen molar-refractivity contribution in [3.8, 4) is 0 Å². The van der Waals surface area contributed by atoms with Crippen molar-refractivity contribution < 1.29 is 4.79 Å². The second kappa shape index (κ2) is 4.49. The lowest BCUT2D eigenvalue weighted by Gasteiger charge is -2.00. The van der Waals surface area contributed by atoms with Crippen LogP contribution in [0, 0.1) is 6.92 Å². The fourth-order valence-corrected chi connectivity index (χ4v) is 0.790. The average Bonchev–Trinajstić information content (AvgIpc) is 2.15. The molecule has 1 amide bonds. The number of carbonyl (C=O) groups excluding carboxylic acids is 1. The first kappa shape index (κ1) is 8.71. The van der Waals surface area contributed by atoms with Gasteiger partial charge < -0.3 is 5.32 Å². The Morgan fingerprint density at radius 2 is 2.42 bits per heavy atom. The fraction of sp³-hybridized carbons (Fsp3) is 0.222. The summed E-state index contributed by atoms with van der Waals surface area (Å²) in [6, 6.07) is 5.24. The van der Waals surface area contributed by atoms with E-state index in [2.05, 4.69) is 17.2 Å². The van der Waals surface area contributed by atoms with Gasteiger partial charge in [-0.2, -0.15) is 0 Å². The molecule has 3 nitrogen and oxygen atoms in total. The van der Waals surface area contributed by atoms with Gasteiger partial charge in [0.15, 0.2) is 0 Å². The molecule has 0 spiro atoms. The van der Waals surface area contributed by atoms with E-state index in [-0.39, 0.29) is 5.91 Å². The van der Waals surface area contributed by atoms with Crippen LogP contribution in [-0.2, 0) is 0 Å². The molecule has 0 atom stereocenters. The number of aromatic nitrogens is 1. The van der Waals surface area contributed by atoms with Crippen LogP contribution in [0.4, 0.5) is 0 Å². The molecule has 12 heavy (non-hydrogen) atoms. The highest BCUT2D eigenvalue weighted by molar-refractivity contribution is 5.92.